The summed E-state index contributed by atoms with van der Waals surface area (Å²) in [4.78, 5) is 0. The number of hydrogen-bond donors (Lipinski definition) is 1. The van der Waals surface area contributed by atoms with Crippen LogP contribution in [0, 0.1) is 0 Å². The van der Waals surface area contributed by atoms with Gasteiger partial charge in [0.2, 0.25) is 0 Å². The van der Waals surface area contributed by atoms with E-state index in [4.69, 9.17) is 17.5 Å². The average molecular weight is 214 g/mol. The van der Waals surface area contributed by atoms with E-state index in [2.05, 4.69) is 0 Å². The molecule has 64 valence electrons. The van der Waals surface area contributed by atoms with Crippen molar-refractivity contribution in [1.82, 2.24) is 0 Å². The van der Waals surface area contributed by atoms with Gasteiger partial charge in [-0.15, -0.1) is 0 Å². The Morgan fingerprint density at radius 2 is 1.09 bits per heavy atom. The van der Waals surface area contributed by atoms with Crippen LogP contribution in [-0.2, 0) is 20.2 Å². The van der Waals surface area contributed by atoms with Crippen molar-refractivity contribution in [2.75, 3.05) is 12.5 Å². The van der Waals surface area contributed by atoms with Crippen molar-refractivity contribution in [2.24, 2.45) is 0 Å². The molecule has 9 heteroatoms. The molecule has 0 aromatic heterocycles. The number of hydrogen-bond acceptors (Lipinski definition) is 5. The van der Waals surface area contributed by atoms with Crippen LogP contribution in [0.4, 0.5) is 0 Å². The first-order chi connectivity index (χ1) is 4.00. The van der Waals surface area contributed by atoms with Gasteiger partial charge in [-0.1, -0.05) is 0 Å². The topological polar surface area (TPSA) is 112 Å². The zero-order valence-electron chi connectivity index (χ0n) is 6.30. The smallest absolute Gasteiger partial charge is 0.748 e. The Morgan fingerprint density at radius 1 is 1.09 bits per heavy atom. The molecule has 0 aliphatic heterocycles. The van der Waals surface area contributed by atoms with Gasteiger partial charge in [-0.2, -0.15) is 8.42 Å². The third-order valence-electron chi connectivity index (χ3n) is 0. The van der Waals surface area contributed by atoms with Crippen molar-refractivity contribution < 1.29 is 55.5 Å². The predicted octanol–water partition coefficient (Wildman–Crippen LogP) is -4.33. The molecule has 0 rings (SSSR count). The Kier molecular flexibility index (Phi) is 10.3. The molecule has 0 atom stereocenters. The molecular weight excluding hydrogens is 207 g/mol. The Bertz CT molecular complexity index is 215. The minimum absolute atomic E-state index is 0. The van der Waals surface area contributed by atoms with E-state index < -0.39 is 20.2 Å². The molecule has 0 spiro atoms. The molecule has 0 unspecified atom stereocenters. The molecule has 0 amide bonds. The molecule has 6 nitrogen and oxygen atoms in total. The molecule has 1 N–H and O–H groups in total. The first kappa shape index (κ1) is 17.8. The average Bonchev–Trinajstić information content (AvgIpc) is 1.12. The molecule has 0 bridgehead atoms. The maximum atomic E-state index is 9.19. The minimum atomic E-state index is -3.92. The van der Waals surface area contributed by atoms with Crippen molar-refractivity contribution in [1.29, 1.82) is 0 Å². The van der Waals surface area contributed by atoms with Crippen molar-refractivity contribution in [2.45, 2.75) is 0 Å². The van der Waals surface area contributed by atoms with Crippen molar-refractivity contribution >= 4 is 20.2 Å². The standard InChI is InChI=1S/2CH4O3S.Na/c2*1-5(2,3)4;/h2*1H3,(H,2,3,4);/q;;+1/p-1. The molecule has 0 fully saturated rings. The molecule has 0 aromatic rings. The van der Waals surface area contributed by atoms with E-state index in [9.17, 15) is 8.42 Å². The molecule has 11 heavy (non-hydrogen) atoms. The van der Waals surface area contributed by atoms with E-state index in [0.717, 1.165) is 0 Å². The second kappa shape index (κ2) is 6.35. The van der Waals surface area contributed by atoms with E-state index in [1.165, 1.54) is 0 Å². The summed E-state index contributed by atoms with van der Waals surface area (Å²) in [7, 11) is -7.58. The van der Waals surface area contributed by atoms with Crippen LogP contribution in [0.1, 0.15) is 0 Å². The summed E-state index contributed by atoms with van der Waals surface area (Å²) in [6.45, 7) is 0. The van der Waals surface area contributed by atoms with Crippen LogP contribution in [0.2, 0.25) is 0 Å². The van der Waals surface area contributed by atoms with Gasteiger partial charge in [0.1, 0.15) is 0 Å². The molecular formula is C2H7NaO6S2. The Balaban J connectivity index is -0.000000107. The van der Waals surface area contributed by atoms with Gasteiger partial charge < -0.3 is 4.55 Å². The maximum Gasteiger partial charge on any atom is 1.00 e. The molecule has 0 radical (unpaired) electrons. The van der Waals surface area contributed by atoms with Gasteiger partial charge in [0.25, 0.3) is 10.1 Å². The van der Waals surface area contributed by atoms with E-state index >= 15 is 0 Å². The summed E-state index contributed by atoms with van der Waals surface area (Å²) >= 11 is 0. The van der Waals surface area contributed by atoms with Crippen LogP contribution in [-0.4, -0.2) is 38.5 Å². The first-order valence-electron chi connectivity index (χ1n) is 1.83. The largest absolute Gasteiger partial charge is 1.00 e. The van der Waals surface area contributed by atoms with Crippen LogP contribution in [0.5, 0.6) is 0 Å². The van der Waals surface area contributed by atoms with Gasteiger partial charge in [-0.25, -0.2) is 8.42 Å². The molecule has 0 heterocycles. The van der Waals surface area contributed by atoms with Crippen molar-refractivity contribution in [3.8, 4) is 0 Å². The minimum Gasteiger partial charge on any atom is -0.748 e. The predicted molar refractivity (Wildman–Crippen MR) is 33.1 cm³/mol. The molecule has 0 aliphatic rings. The van der Waals surface area contributed by atoms with Crippen LogP contribution in [0.25, 0.3) is 0 Å². The van der Waals surface area contributed by atoms with Gasteiger partial charge >= 0.3 is 29.6 Å². The molecule has 0 aromatic carbocycles. The fraction of sp³-hybridized carbons (Fsp3) is 1.00. The molecule has 0 saturated heterocycles. The second-order valence-corrected chi connectivity index (χ2v) is 4.31. The quantitative estimate of drug-likeness (QED) is 0.322. The summed E-state index contributed by atoms with van der Waals surface area (Å²) in [5.41, 5.74) is 0. The van der Waals surface area contributed by atoms with Crippen molar-refractivity contribution in [3.63, 3.8) is 0 Å². The fourth-order valence-electron chi connectivity index (χ4n) is 0. The Labute approximate surface area is 87.8 Å². The summed E-state index contributed by atoms with van der Waals surface area (Å²) in [6, 6.07) is 0. The monoisotopic (exact) mass is 214 g/mol. The molecule has 0 saturated carbocycles. The van der Waals surface area contributed by atoms with Gasteiger partial charge in [0.15, 0.2) is 0 Å². The van der Waals surface area contributed by atoms with Crippen LogP contribution in [0.3, 0.4) is 0 Å². The summed E-state index contributed by atoms with van der Waals surface area (Å²) in [5.74, 6) is 0. The third-order valence-corrected chi connectivity index (χ3v) is 0. The fourth-order valence-corrected chi connectivity index (χ4v) is 0. The second-order valence-electron chi connectivity index (χ2n) is 1.44. The summed E-state index contributed by atoms with van der Waals surface area (Å²) in [6.07, 6.45) is 1.32. The van der Waals surface area contributed by atoms with Gasteiger partial charge in [0.05, 0.1) is 16.4 Å². The number of rotatable bonds is 0. The SMILES string of the molecule is CS(=O)(=O)O.CS(=O)(=O)[O-].[Na+]. The van der Waals surface area contributed by atoms with Crippen LogP contribution in [0.15, 0.2) is 0 Å². The summed E-state index contributed by atoms with van der Waals surface area (Å²) < 4.78 is 53.1. The zero-order chi connectivity index (χ0) is 9.00. The zero-order valence-corrected chi connectivity index (χ0v) is 9.94. The van der Waals surface area contributed by atoms with Gasteiger partial charge in [-0.3, -0.25) is 4.55 Å². The van der Waals surface area contributed by atoms with Crippen LogP contribution < -0.4 is 29.6 Å². The Hall–Kier alpha value is 0.820. The molecule has 0 aliphatic carbocycles. The normalized spacial score (nSPS) is 10.5. The summed E-state index contributed by atoms with van der Waals surface area (Å²) in [5, 5.41) is 0. The Morgan fingerprint density at radius 3 is 1.09 bits per heavy atom. The van der Waals surface area contributed by atoms with Crippen LogP contribution >= 0.6 is 0 Å². The van der Waals surface area contributed by atoms with E-state index in [0.29, 0.717) is 12.5 Å². The van der Waals surface area contributed by atoms with Gasteiger partial charge in [0, 0.05) is 6.26 Å². The third kappa shape index (κ3) is 1250. The van der Waals surface area contributed by atoms with Crippen molar-refractivity contribution in [3.05, 3.63) is 0 Å². The van der Waals surface area contributed by atoms with E-state index in [-0.39, 0.29) is 29.6 Å². The van der Waals surface area contributed by atoms with Gasteiger partial charge in [-0.05, 0) is 0 Å². The maximum absolute atomic E-state index is 9.19. The first-order valence-corrected chi connectivity index (χ1v) is 5.50. The van der Waals surface area contributed by atoms with E-state index in [1.807, 2.05) is 0 Å². The van der Waals surface area contributed by atoms with E-state index in [1.54, 1.807) is 0 Å².